The van der Waals surface area contributed by atoms with Gasteiger partial charge in [0.25, 0.3) is 6.08 Å². The predicted molar refractivity (Wildman–Crippen MR) is 46.6 cm³/mol. The number of rotatable bonds is 2. The van der Waals surface area contributed by atoms with Gasteiger partial charge in [-0.05, 0) is 5.56 Å². The minimum Gasteiger partial charge on any atom is -0.191 e. The van der Waals surface area contributed by atoms with Crippen LogP contribution in [0.25, 0.3) is 5.57 Å². The summed E-state index contributed by atoms with van der Waals surface area (Å²) in [5.41, 5.74) is -3.18. The van der Waals surface area contributed by atoms with Gasteiger partial charge >= 0.3 is 12.1 Å². The third-order valence-electron chi connectivity index (χ3n) is 1.92. The molecule has 0 spiro atoms. The maximum Gasteiger partial charge on any atom is 0.458 e. The molecule has 0 aliphatic rings. The van der Waals surface area contributed by atoms with Crippen molar-refractivity contribution in [2.75, 3.05) is 0 Å². The fourth-order valence-electron chi connectivity index (χ4n) is 1.16. The van der Waals surface area contributed by atoms with Gasteiger partial charge in [0.1, 0.15) is 5.57 Å². The third kappa shape index (κ3) is 2.59. The monoisotopic (exact) mass is 258 g/mol. The number of allylic oxidation sites excluding steroid dienone is 1. The SMILES string of the molecule is FC(F)=C(c1ccccc1)C(F)(F)C(F)(F)F. The van der Waals surface area contributed by atoms with E-state index < -0.39 is 29.3 Å². The van der Waals surface area contributed by atoms with E-state index in [4.69, 9.17) is 0 Å². The van der Waals surface area contributed by atoms with E-state index in [9.17, 15) is 30.7 Å². The van der Waals surface area contributed by atoms with Crippen LogP contribution in [0, 0.1) is 0 Å². The molecule has 94 valence electrons. The molecule has 0 heterocycles. The first kappa shape index (κ1) is 13.5. The van der Waals surface area contributed by atoms with Crippen LogP contribution in [0.2, 0.25) is 0 Å². The average Bonchev–Trinajstić information content (AvgIpc) is 2.16. The first-order chi connectivity index (χ1) is 7.68. The lowest BCUT2D eigenvalue weighted by molar-refractivity contribution is -0.254. The van der Waals surface area contributed by atoms with Crippen LogP contribution in [0.15, 0.2) is 36.4 Å². The smallest absolute Gasteiger partial charge is 0.191 e. The highest BCUT2D eigenvalue weighted by Crippen LogP contribution is 2.46. The van der Waals surface area contributed by atoms with Crippen molar-refractivity contribution in [3.8, 4) is 0 Å². The van der Waals surface area contributed by atoms with Crippen LogP contribution in [0.4, 0.5) is 30.7 Å². The molecule has 1 aromatic carbocycles. The standard InChI is InChI=1S/C10H5F7/c11-8(12)7(6-4-2-1-3-5-6)9(13,14)10(15,16)17/h1-5H. The molecule has 0 N–H and O–H groups in total. The summed E-state index contributed by atoms with van der Waals surface area (Å²) in [4.78, 5) is 0. The lowest BCUT2D eigenvalue weighted by Crippen LogP contribution is -2.37. The zero-order valence-corrected chi connectivity index (χ0v) is 8.03. The summed E-state index contributed by atoms with van der Waals surface area (Å²) in [7, 11) is 0. The van der Waals surface area contributed by atoms with Gasteiger partial charge in [-0.15, -0.1) is 0 Å². The van der Waals surface area contributed by atoms with Crippen molar-refractivity contribution in [2.24, 2.45) is 0 Å². The van der Waals surface area contributed by atoms with E-state index in [1.165, 1.54) is 6.07 Å². The second-order valence-electron chi connectivity index (χ2n) is 3.07. The molecule has 17 heavy (non-hydrogen) atoms. The Balaban J connectivity index is 3.38. The summed E-state index contributed by atoms with van der Waals surface area (Å²) in [5, 5.41) is 0. The summed E-state index contributed by atoms with van der Waals surface area (Å²) in [6, 6.07) is 5.00. The van der Waals surface area contributed by atoms with E-state index in [0.717, 1.165) is 24.3 Å². The lowest BCUT2D eigenvalue weighted by Gasteiger charge is -2.21. The van der Waals surface area contributed by atoms with Gasteiger partial charge in [0, 0.05) is 0 Å². The Bertz CT molecular complexity index is 412. The molecule has 0 saturated heterocycles. The van der Waals surface area contributed by atoms with Crippen molar-refractivity contribution < 1.29 is 30.7 Å². The lowest BCUT2D eigenvalue weighted by atomic mass is 10.0. The van der Waals surface area contributed by atoms with E-state index in [-0.39, 0.29) is 0 Å². The molecule has 0 aromatic heterocycles. The normalized spacial score (nSPS) is 12.4. The maximum atomic E-state index is 12.9. The second-order valence-corrected chi connectivity index (χ2v) is 3.07. The van der Waals surface area contributed by atoms with E-state index >= 15 is 0 Å². The van der Waals surface area contributed by atoms with Crippen LogP contribution in [-0.2, 0) is 0 Å². The van der Waals surface area contributed by atoms with E-state index in [1.54, 1.807) is 0 Å². The summed E-state index contributed by atoms with van der Waals surface area (Å²) in [6.07, 6.45) is -9.12. The Morgan fingerprint density at radius 3 is 1.65 bits per heavy atom. The molecular formula is C10H5F7. The Morgan fingerprint density at radius 2 is 1.29 bits per heavy atom. The van der Waals surface area contributed by atoms with E-state index in [0.29, 0.717) is 0 Å². The second kappa shape index (κ2) is 4.38. The maximum absolute atomic E-state index is 12.9. The molecule has 0 nitrogen and oxygen atoms in total. The fourth-order valence-corrected chi connectivity index (χ4v) is 1.16. The topological polar surface area (TPSA) is 0 Å². The molecule has 0 amide bonds. The van der Waals surface area contributed by atoms with Gasteiger partial charge in [-0.25, -0.2) is 0 Å². The summed E-state index contributed by atoms with van der Waals surface area (Å²) in [6.45, 7) is 0. The molecule has 0 aliphatic carbocycles. The summed E-state index contributed by atoms with van der Waals surface area (Å²) < 4.78 is 86.4. The third-order valence-corrected chi connectivity index (χ3v) is 1.92. The number of alkyl halides is 5. The number of halogens is 7. The van der Waals surface area contributed by atoms with Gasteiger partial charge in [-0.1, -0.05) is 30.3 Å². The number of benzene rings is 1. The Kier molecular flexibility index (Phi) is 3.49. The Labute approximate surface area is 91.4 Å². The highest BCUT2D eigenvalue weighted by molar-refractivity contribution is 5.72. The van der Waals surface area contributed by atoms with Gasteiger partial charge in [0.2, 0.25) is 0 Å². The predicted octanol–water partition coefficient (Wildman–Crippen LogP) is 4.49. The summed E-state index contributed by atoms with van der Waals surface area (Å²) in [5.74, 6) is -5.59. The Morgan fingerprint density at radius 1 is 0.824 bits per heavy atom. The van der Waals surface area contributed by atoms with Crippen molar-refractivity contribution in [1.82, 2.24) is 0 Å². The zero-order chi connectivity index (χ0) is 13.3. The molecule has 1 aromatic rings. The molecular weight excluding hydrogens is 253 g/mol. The largest absolute Gasteiger partial charge is 0.458 e. The molecule has 0 radical (unpaired) electrons. The van der Waals surface area contributed by atoms with Gasteiger partial charge in [-0.2, -0.15) is 30.7 Å². The molecule has 0 saturated carbocycles. The molecule has 7 heteroatoms. The van der Waals surface area contributed by atoms with Crippen molar-refractivity contribution in [3.05, 3.63) is 42.0 Å². The zero-order valence-electron chi connectivity index (χ0n) is 8.03. The van der Waals surface area contributed by atoms with Crippen LogP contribution in [0.5, 0.6) is 0 Å². The average molecular weight is 258 g/mol. The van der Waals surface area contributed by atoms with Crippen LogP contribution in [0.3, 0.4) is 0 Å². The first-order valence-corrected chi connectivity index (χ1v) is 4.23. The minimum atomic E-state index is -6.07. The highest BCUT2D eigenvalue weighted by Gasteiger charge is 2.61. The van der Waals surface area contributed by atoms with Gasteiger partial charge in [0.15, 0.2) is 0 Å². The molecule has 0 unspecified atom stereocenters. The van der Waals surface area contributed by atoms with E-state index in [1.807, 2.05) is 0 Å². The molecule has 1 rings (SSSR count). The van der Waals surface area contributed by atoms with Gasteiger partial charge < -0.3 is 0 Å². The van der Waals surface area contributed by atoms with Gasteiger partial charge in [-0.3, -0.25) is 0 Å². The molecule has 0 fully saturated rings. The van der Waals surface area contributed by atoms with Crippen LogP contribution in [-0.4, -0.2) is 12.1 Å². The summed E-state index contributed by atoms with van der Waals surface area (Å²) >= 11 is 0. The highest BCUT2D eigenvalue weighted by atomic mass is 19.4. The minimum absolute atomic E-state index is 0.758. The fraction of sp³-hybridized carbons (Fsp3) is 0.200. The van der Waals surface area contributed by atoms with Crippen LogP contribution < -0.4 is 0 Å². The molecule has 0 bridgehead atoms. The van der Waals surface area contributed by atoms with Gasteiger partial charge in [0.05, 0.1) is 0 Å². The quantitative estimate of drug-likeness (QED) is 0.685. The van der Waals surface area contributed by atoms with Crippen LogP contribution in [0.1, 0.15) is 5.56 Å². The Hall–Kier alpha value is -1.53. The van der Waals surface area contributed by atoms with Crippen LogP contribution >= 0.6 is 0 Å². The van der Waals surface area contributed by atoms with E-state index in [2.05, 4.69) is 0 Å². The number of hydrogen-bond acceptors (Lipinski definition) is 0. The van der Waals surface area contributed by atoms with Crippen molar-refractivity contribution in [1.29, 1.82) is 0 Å². The van der Waals surface area contributed by atoms with Crippen molar-refractivity contribution in [3.63, 3.8) is 0 Å². The van der Waals surface area contributed by atoms with Crippen molar-refractivity contribution >= 4 is 5.57 Å². The number of hydrogen-bond donors (Lipinski definition) is 0. The first-order valence-electron chi connectivity index (χ1n) is 4.23. The molecule has 0 atom stereocenters. The van der Waals surface area contributed by atoms with Crippen molar-refractivity contribution in [2.45, 2.75) is 12.1 Å². The molecule has 0 aliphatic heterocycles.